The van der Waals surface area contributed by atoms with Crippen molar-refractivity contribution in [1.29, 1.82) is 0 Å². The maximum Gasteiger partial charge on any atom is 0.150 e. The summed E-state index contributed by atoms with van der Waals surface area (Å²) in [6.07, 6.45) is 0.865. The SMILES string of the molecule is Cc1ccc(-c2ccc(C=O)cc2)cc1C. The molecule has 0 aliphatic rings. The maximum absolute atomic E-state index is 10.6. The van der Waals surface area contributed by atoms with E-state index in [1.807, 2.05) is 24.3 Å². The van der Waals surface area contributed by atoms with Crippen LogP contribution in [0.2, 0.25) is 0 Å². The minimum Gasteiger partial charge on any atom is -0.298 e. The monoisotopic (exact) mass is 210 g/mol. The first-order valence-corrected chi connectivity index (χ1v) is 5.33. The van der Waals surface area contributed by atoms with Gasteiger partial charge in [0.1, 0.15) is 6.29 Å². The summed E-state index contributed by atoms with van der Waals surface area (Å²) in [5, 5.41) is 0. The molecule has 0 amide bonds. The summed E-state index contributed by atoms with van der Waals surface area (Å²) in [5.74, 6) is 0. The molecule has 0 unspecified atom stereocenters. The first kappa shape index (κ1) is 10.6. The van der Waals surface area contributed by atoms with E-state index < -0.39 is 0 Å². The molecule has 2 aromatic carbocycles. The van der Waals surface area contributed by atoms with Crippen LogP contribution in [0, 0.1) is 13.8 Å². The summed E-state index contributed by atoms with van der Waals surface area (Å²) >= 11 is 0. The van der Waals surface area contributed by atoms with Crippen LogP contribution in [0.3, 0.4) is 0 Å². The van der Waals surface area contributed by atoms with Crippen molar-refractivity contribution in [3.8, 4) is 11.1 Å². The van der Waals surface area contributed by atoms with Gasteiger partial charge in [-0.05, 0) is 36.1 Å². The van der Waals surface area contributed by atoms with E-state index in [1.165, 1.54) is 16.7 Å². The molecule has 0 N–H and O–H groups in total. The van der Waals surface area contributed by atoms with E-state index in [-0.39, 0.29) is 0 Å². The van der Waals surface area contributed by atoms with Gasteiger partial charge in [-0.15, -0.1) is 0 Å². The molecular formula is C15H14O. The fraction of sp³-hybridized carbons (Fsp3) is 0.133. The van der Waals surface area contributed by atoms with Gasteiger partial charge < -0.3 is 0 Å². The largest absolute Gasteiger partial charge is 0.298 e. The van der Waals surface area contributed by atoms with Crippen LogP contribution >= 0.6 is 0 Å². The van der Waals surface area contributed by atoms with Gasteiger partial charge in [-0.2, -0.15) is 0 Å². The third-order valence-corrected chi connectivity index (χ3v) is 2.89. The zero-order valence-corrected chi connectivity index (χ0v) is 9.53. The fourth-order valence-corrected chi connectivity index (χ4v) is 1.68. The highest BCUT2D eigenvalue weighted by Crippen LogP contribution is 2.22. The number of aldehydes is 1. The highest BCUT2D eigenvalue weighted by Gasteiger charge is 1.99. The van der Waals surface area contributed by atoms with E-state index in [1.54, 1.807) is 0 Å². The molecule has 80 valence electrons. The molecule has 0 bridgehead atoms. The Labute approximate surface area is 95.7 Å². The number of carbonyl (C=O) groups is 1. The first-order chi connectivity index (χ1) is 7.70. The molecule has 0 aliphatic carbocycles. The van der Waals surface area contributed by atoms with E-state index >= 15 is 0 Å². The Bertz CT molecular complexity index is 509. The van der Waals surface area contributed by atoms with Gasteiger partial charge in [-0.25, -0.2) is 0 Å². The second kappa shape index (κ2) is 4.31. The summed E-state index contributed by atoms with van der Waals surface area (Å²) in [4.78, 5) is 10.6. The molecule has 2 aromatic rings. The van der Waals surface area contributed by atoms with Crippen molar-refractivity contribution < 1.29 is 4.79 Å². The zero-order valence-electron chi connectivity index (χ0n) is 9.53. The van der Waals surface area contributed by atoms with E-state index in [0.717, 1.165) is 11.8 Å². The highest BCUT2D eigenvalue weighted by atomic mass is 16.1. The van der Waals surface area contributed by atoms with Gasteiger partial charge in [-0.1, -0.05) is 42.5 Å². The Kier molecular flexibility index (Phi) is 2.86. The summed E-state index contributed by atoms with van der Waals surface area (Å²) < 4.78 is 0. The molecule has 0 heterocycles. The van der Waals surface area contributed by atoms with Crippen molar-refractivity contribution in [2.24, 2.45) is 0 Å². The molecule has 0 radical (unpaired) electrons. The average Bonchev–Trinajstić information content (AvgIpc) is 2.33. The van der Waals surface area contributed by atoms with Crippen LogP contribution in [0.5, 0.6) is 0 Å². The second-order valence-corrected chi connectivity index (χ2v) is 4.04. The van der Waals surface area contributed by atoms with Crippen molar-refractivity contribution in [1.82, 2.24) is 0 Å². The summed E-state index contributed by atoms with van der Waals surface area (Å²) in [5.41, 5.74) is 5.65. The Morgan fingerprint density at radius 1 is 0.812 bits per heavy atom. The topological polar surface area (TPSA) is 17.1 Å². The molecule has 0 atom stereocenters. The molecule has 0 fully saturated rings. The number of aryl methyl sites for hydroxylation is 2. The molecule has 1 heteroatoms. The minimum absolute atomic E-state index is 0.715. The maximum atomic E-state index is 10.6. The Morgan fingerprint density at radius 3 is 2.00 bits per heavy atom. The minimum atomic E-state index is 0.715. The molecule has 0 saturated heterocycles. The lowest BCUT2D eigenvalue weighted by molar-refractivity contribution is 0.112. The van der Waals surface area contributed by atoms with E-state index in [9.17, 15) is 4.79 Å². The second-order valence-electron chi connectivity index (χ2n) is 4.04. The van der Waals surface area contributed by atoms with Crippen molar-refractivity contribution in [3.05, 3.63) is 59.2 Å². The fourth-order valence-electron chi connectivity index (χ4n) is 1.68. The first-order valence-electron chi connectivity index (χ1n) is 5.33. The van der Waals surface area contributed by atoms with Crippen LogP contribution in [-0.4, -0.2) is 6.29 Å². The Balaban J connectivity index is 2.42. The molecule has 0 aliphatic heterocycles. The molecule has 0 saturated carbocycles. The van der Waals surface area contributed by atoms with Crippen LogP contribution in [0.4, 0.5) is 0 Å². The van der Waals surface area contributed by atoms with Crippen molar-refractivity contribution in [2.75, 3.05) is 0 Å². The Morgan fingerprint density at radius 2 is 1.44 bits per heavy atom. The molecule has 1 nitrogen and oxygen atoms in total. The van der Waals surface area contributed by atoms with Gasteiger partial charge >= 0.3 is 0 Å². The van der Waals surface area contributed by atoms with Gasteiger partial charge in [0, 0.05) is 5.56 Å². The highest BCUT2D eigenvalue weighted by molar-refractivity contribution is 5.77. The van der Waals surface area contributed by atoms with E-state index in [4.69, 9.17) is 0 Å². The molecule has 0 spiro atoms. The van der Waals surface area contributed by atoms with Crippen LogP contribution < -0.4 is 0 Å². The average molecular weight is 210 g/mol. The predicted octanol–water partition coefficient (Wildman–Crippen LogP) is 3.78. The van der Waals surface area contributed by atoms with Gasteiger partial charge in [0.05, 0.1) is 0 Å². The number of carbonyl (C=O) groups excluding carboxylic acids is 1. The molecule has 16 heavy (non-hydrogen) atoms. The van der Waals surface area contributed by atoms with Crippen molar-refractivity contribution >= 4 is 6.29 Å². The smallest absolute Gasteiger partial charge is 0.150 e. The van der Waals surface area contributed by atoms with Crippen molar-refractivity contribution in [2.45, 2.75) is 13.8 Å². The lowest BCUT2D eigenvalue weighted by Crippen LogP contribution is -1.84. The predicted molar refractivity (Wildman–Crippen MR) is 66.7 cm³/mol. The van der Waals surface area contributed by atoms with Gasteiger partial charge in [0.25, 0.3) is 0 Å². The number of hydrogen-bond acceptors (Lipinski definition) is 1. The summed E-state index contributed by atoms with van der Waals surface area (Å²) in [7, 11) is 0. The molecule has 2 rings (SSSR count). The molecule has 0 aromatic heterocycles. The van der Waals surface area contributed by atoms with Crippen LogP contribution in [-0.2, 0) is 0 Å². The van der Waals surface area contributed by atoms with Gasteiger partial charge in [-0.3, -0.25) is 4.79 Å². The normalized spacial score (nSPS) is 10.1. The van der Waals surface area contributed by atoms with Crippen molar-refractivity contribution in [3.63, 3.8) is 0 Å². The van der Waals surface area contributed by atoms with Crippen LogP contribution in [0.15, 0.2) is 42.5 Å². The quantitative estimate of drug-likeness (QED) is 0.689. The lowest BCUT2D eigenvalue weighted by Gasteiger charge is -2.05. The summed E-state index contributed by atoms with van der Waals surface area (Å²) in [6.45, 7) is 4.22. The number of rotatable bonds is 2. The summed E-state index contributed by atoms with van der Waals surface area (Å²) in [6, 6.07) is 14.1. The van der Waals surface area contributed by atoms with Crippen LogP contribution in [0.25, 0.3) is 11.1 Å². The van der Waals surface area contributed by atoms with Gasteiger partial charge in [0.2, 0.25) is 0 Å². The van der Waals surface area contributed by atoms with E-state index in [0.29, 0.717) is 5.56 Å². The van der Waals surface area contributed by atoms with Gasteiger partial charge in [0.15, 0.2) is 0 Å². The number of benzene rings is 2. The Hall–Kier alpha value is -1.89. The third-order valence-electron chi connectivity index (χ3n) is 2.89. The van der Waals surface area contributed by atoms with Crippen LogP contribution in [0.1, 0.15) is 21.5 Å². The zero-order chi connectivity index (χ0) is 11.5. The third kappa shape index (κ3) is 2.03. The molecular weight excluding hydrogens is 196 g/mol. The standard InChI is InChI=1S/C15H14O/c1-11-3-6-15(9-12(11)2)14-7-4-13(10-16)5-8-14/h3-10H,1-2H3. The number of hydrogen-bond donors (Lipinski definition) is 0. The lowest BCUT2D eigenvalue weighted by atomic mass is 10.00. The van der Waals surface area contributed by atoms with E-state index in [2.05, 4.69) is 32.0 Å².